The molecule has 55 heavy (non-hydrogen) atoms. The van der Waals surface area contributed by atoms with Crippen LogP contribution in [-0.2, 0) is 24.0 Å². The van der Waals surface area contributed by atoms with E-state index in [1.165, 1.54) is 48.5 Å². The summed E-state index contributed by atoms with van der Waals surface area (Å²) in [5.41, 5.74) is 1.23. The molecule has 15 heteroatoms. The van der Waals surface area contributed by atoms with E-state index in [0.29, 0.717) is 17.1 Å². The molecule has 2 saturated carbocycles. The van der Waals surface area contributed by atoms with Gasteiger partial charge in [-0.2, -0.15) is 15.0 Å². The number of hydrogen-bond donors (Lipinski definition) is 3. The molecule has 0 saturated heterocycles. The summed E-state index contributed by atoms with van der Waals surface area (Å²) in [4.78, 5) is 71.2. The van der Waals surface area contributed by atoms with Crippen LogP contribution in [0.15, 0.2) is 89.5 Å². The van der Waals surface area contributed by atoms with E-state index in [1.807, 2.05) is 30.3 Å². The predicted molar refractivity (Wildman–Crippen MR) is 193 cm³/mol. The topological polar surface area (TPSA) is 252 Å². The fourth-order valence-corrected chi connectivity index (χ4v) is 6.93. The maximum Gasteiger partial charge on any atom is 0.233 e. The van der Waals surface area contributed by atoms with Gasteiger partial charge in [-0.1, -0.05) is 57.2 Å². The summed E-state index contributed by atoms with van der Waals surface area (Å²) < 4.78 is 0. The van der Waals surface area contributed by atoms with E-state index in [9.17, 15) is 44.4 Å². The van der Waals surface area contributed by atoms with Gasteiger partial charge in [0.1, 0.15) is 0 Å². The first-order valence-corrected chi connectivity index (χ1v) is 17.0. The standard InChI is InChI=1S/C40H36N6O9/c1-39(2)30-16-17-40(39,3)31(47)27(30)18-21-4-10-24(11-5-21)41-36-44-37(42-25-12-6-22(7-13-25)19-28(32(48)49)33(50)51)46-38(45-36)43-26-14-8-23(9-15-26)20-29(34(52)53)35(54)55/h4-15,18-20,30H,16-17H2,1-3H3,(H,48,49)(H,50,51)(H,52,53)(H,54,55)(H3,41,42,43,44,45,46)/p-4/b27-18+. The average Bonchev–Trinajstić information content (AvgIpc) is 3.44. The Kier molecular flexibility index (Phi) is 10.0. The Hall–Kier alpha value is -7.16. The Morgan fingerprint density at radius 2 is 0.945 bits per heavy atom. The van der Waals surface area contributed by atoms with Crippen LogP contribution in [0, 0.1) is 16.7 Å². The number of Topliss-reactive ketones (excluding diaryl/α,β-unsaturated/α-hetero) is 1. The van der Waals surface area contributed by atoms with Crippen molar-refractivity contribution in [3.05, 3.63) is 106 Å². The number of hydrogen-bond acceptors (Lipinski definition) is 15. The van der Waals surface area contributed by atoms with Crippen molar-refractivity contribution in [3.8, 4) is 0 Å². The highest BCUT2D eigenvalue weighted by Gasteiger charge is 2.63. The van der Waals surface area contributed by atoms with Gasteiger partial charge in [-0.25, -0.2) is 0 Å². The van der Waals surface area contributed by atoms with Crippen LogP contribution in [0.25, 0.3) is 18.2 Å². The van der Waals surface area contributed by atoms with Crippen molar-refractivity contribution in [3.63, 3.8) is 0 Å². The lowest BCUT2D eigenvalue weighted by molar-refractivity contribution is -0.314. The van der Waals surface area contributed by atoms with Crippen LogP contribution in [0.3, 0.4) is 0 Å². The number of aromatic nitrogens is 3. The van der Waals surface area contributed by atoms with Gasteiger partial charge in [-0.15, -0.1) is 0 Å². The number of allylic oxidation sites excluding steroid dienone is 1. The number of carboxylic acids is 4. The van der Waals surface area contributed by atoms with Crippen LogP contribution in [0.2, 0.25) is 0 Å². The van der Waals surface area contributed by atoms with Crippen LogP contribution >= 0.6 is 0 Å². The molecule has 2 unspecified atom stereocenters. The van der Waals surface area contributed by atoms with Crippen LogP contribution in [0.5, 0.6) is 0 Å². The van der Waals surface area contributed by atoms with E-state index in [0.717, 1.165) is 36.1 Å². The first-order chi connectivity index (χ1) is 26.0. The Morgan fingerprint density at radius 1 is 0.600 bits per heavy atom. The maximum absolute atomic E-state index is 13.3. The summed E-state index contributed by atoms with van der Waals surface area (Å²) in [6, 6.07) is 19.4. The zero-order valence-corrected chi connectivity index (χ0v) is 29.7. The van der Waals surface area contributed by atoms with E-state index in [-0.39, 0.29) is 51.5 Å². The number of benzene rings is 3. The third-order valence-corrected chi connectivity index (χ3v) is 10.3. The number of ketones is 1. The van der Waals surface area contributed by atoms with Gasteiger partial charge >= 0.3 is 0 Å². The van der Waals surface area contributed by atoms with Gasteiger partial charge in [-0.3, -0.25) is 4.79 Å². The van der Waals surface area contributed by atoms with Crippen LogP contribution in [0.4, 0.5) is 34.9 Å². The number of fused-ring (bicyclic) bond motifs is 2. The number of carbonyl (C=O) groups excluding carboxylic acids is 5. The monoisotopic (exact) mass is 740 g/mol. The number of carboxylic acid groups (broad SMARTS) is 4. The highest BCUT2D eigenvalue weighted by molar-refractivity contribution is 6.15. The number of nitrogens with zero attached hydrogens (tertiary/aromatic N) is 3. The van der Waals surface area contributed by atoms with E-state index in [1.54, 1.807) is 0 Å². The van der Waals surface area contributed by atoms with Crippen molar-refractivity contribution in [2.45, 2.75) is 33.6 Å². The van der Waals surface area contributed by atoms with E-state index in [2.05, 4.69) is 51.7 Å². The van der Waals surface area contributed by atoms with Gasteiger partial charge in [0, 0.05) is 33.6 Å². The van der Waals surface area contributed by atoms with Crippen molar-refractivity contribution >= 4 is 82.8 Å². The molecule has 15 nitrogen and oxygen atoms in total. The maximum atomic E-state index is 13.3. The van der Waals surface area contributed by atoms with Gasteiger partial charge < -0.3 is 55.6 Å². The largest absolute Gasteiger partial charge is 0.545 e. The number of aliphatic carboxylic acids is 4. The molecular formula is C40H32N6O9-4. The number of rotatable bonds is 13. The van der Waals surface area contributed by atoms with Gasteiger partial charge in [0.2, 0.25) is 17.8 Å². The molecule has 3 aromatic carbocycles. The lowest BCUT2D eigenvalue weighted by Gasteiger charge is -2.31. The molecule has 2 fully saturated rings. The lowest BCUT2D eigenvalue weighted by atomic mass is 9.70. The van der Waals surface area contributed by atoms with Crippen LogP contribution < -0.4 is 36.4 Å². The summed E-state index contributed by atoms with van der Waals surface area (Å²) in [7, 11) is 0. The van der Waals surface area contributed by atoms with Gasteiger partial charge in [-0.05, 0) is 101 Å². The number of nitrogens with one attached hydrogen (secondary N) is 3. The second-order valence-electron chi connectivity index (χ2n) is 13.9. The molecule has 280 valence electrons. The van der Waals surface area contributed by atoms with Crippen molar-refractivity contribution < 1.29 is 44.4 Å². The fourth-order valence-electron chi connectivity index (χ4n) is 6.93. The zero-order chi connectivity index (χ0) is 39.7. The van der Waals surface area contributed by atoms with Gasteiger partial charge in [0.05, 0.1) is 23.9 Å². The van der Waals surface area contributed by atoms with Gasteiger partial charge in [0.15, 0.2) is 5.78 Å². The minimum absolute atomic E-state index is 0.0628. The smallest absolute Gasteiger partial charge is 0.233 e. The van der Waals surface area contributed by atoms with Crippen molar-refractivity contribution in [2.75, 3.05) is 16.0 Å². The SMILES string of the molecule is CC12CCC(/C(=C\c3ccc(Nc4nc(Nc5ccc(C=C(C(=O)[O-])C(=O)[O-])cc5)nc(Nc5ccc(C=C(C(=O)[O-])C(=O)[O-])cc5)n4)cc3)C1=O)C2(C)C. The first kappa shape index (κ1) is 37.6. The first-order valence-electron chi connectivity index (χ1n) is 17.0. The third-order valence-electron chi connectivity index (χ3n) is 10.3. The van der Waals surface area contributed by atoms with Gasteiger partial charge in [0.25, 0.3) is 0 Å². The molecule has 3 N–H and O–H groups in total. The minimum Gasteiger partial charge on any atom is -0.545 e. The average molecular weight is 741 g/mol. The summed E-state index contributed by atoms with van der Waals surface area (Å²) >= 11 is 0. The minimum atomic E-state index is -1.89. The molecule has 1 heterocycles. The molecule has 2 aliphatic rings. The Morgan fingerprint density at radius 3 is 1.25 bits per heavy atom. The highest BCUT2D eigenvalue weighted by atomic mass is 16.4. The quantitative estimate of drug-likeness (QED) is 0.0992. The summed E-state index contributed by atoms with van der Waals surface area (Å²) in [5.74, 6) is -6.91. The molecule has 2 aliphatic carbocycles. The second kappa shape index (κ2) is 14.7. The summed E-state index contributed by atoms with van der Waals surface area (Å²) in [6.45, 7) is 6.40. The predicted octanol–water partition coefficient (Wildman–Crippen LogP) is 1.28. The van der Waals surface area contributed by atoms with E-state index in [4.69, 9.17) is 0 Å². The molecule has 0 radical (unpaired) electrons. The molecule has 1 aromatic heterocycles. The molecular weight excluding hydrogens is 708 g/mol. The zero-order valence-electron chi connectivity index (χ0n) is 29.7. The Labute approximate surface area is 314 Å². The Bertz CT molecular complexity index is 2180. The molecule has 2 bridgehead atoms. The normalized spacial score (nSPS) is 18.6. The molecule has 6 rings (SSSR count). The Balaban J connectivity index is 1.26. The van der Waals surface area contributed by atoms with E-state index < -0.39 is 35.0 Å². The lowest BCUT2D eigenvalue weighted by Crippen LogP contribution is -2.36. The fraction of sp³-hybridized carbons (Fsp3) is 0.200. The molecule has 4 aromatic rings. The third kappa shape index (κ3) is 7.81. The molecule has 0 aliphatic heterocycles. The summed E-state index contributed by atoms with van der Waals surface area (Å²) in [6.07, 6.45) is 5.64. The van der Waals surface area contributed by atoms with Crippen LogP contribution in [-0.4, -0.2) is 44.6 Å². The number of carbonyl (C=O) groups is 5. The second-order valence-corrected chi connectivity index (χ2v) is 13.9. The van der Waals surface area contributed by atoms with Crippen molar-refractivity contribution in [2.24, 2.45) is 16.7 Å². The molecule has 0 amide bonds. The van der Waals surface area contributed by atoms with Crippen molar-refractivity contribution in [1.29, 1.82) is 0 Å². The number of anilines is 6. The van der Waals surface area contributed by atoms with Crippen molar-refractivity contribution in [1.82, 2.24) is 15.0 Å². The molecule has 2 atom stereocenters. The van der Waals surface area contributed by atoms with E-state index >= 15 is 0 Å². The highest BCUT2D eigenvalue weighted by Crippen LogP contribution is 2.65. The summed E-state index contributed by atoms with van der Waals surface area (Å²) in [5, 5.41) is 53.7. The molecule has 0 spiro atoms. The van der Waals surface area contributed by atoms with Crippen LogP contribution in [0.1, 0.15) is 50.3 Å².